The number of nitrogens with zero attached hydrogens (tertiary/aromatic N) is 1. The summed E-state index contributed by atoms with van der Waals surface area (Å²) in [5.74, 6) is 0.866. The van der Waals surface area contributed by atoms with Gasteiger partial charge in [-0.25, -0.2) is 0 Å². The Morgan fingerprint density at radius 3 is 2.72 bits per heavy atom. The number of hydrogen-bond acceptors (Lipinski definition) is 1. The molecule has 18 heavy (non-hydrogen) atoms. The molecule has 0 atom stereocenters. The van der Waals surface area contributed by atoms with E-state index in [1.54, 1.807) is 0 Å². The van der Waals surface area contributed by atoms with Gasteiger partial charge in [0.15, 0.2) is 5.96 Å². The summed E-state index contributed by atoms with van der Waals surface area (Å²) in [6.45, 7) is 8.20. The molecule has 2 N–H and O–H groups in total. The largest absolute Gasteiger partial charge is 0.357 e. The van der Waals surface area contributed by atoms with Crippen molar-refractivity contribution in [2.24, 2.45) is 4.99 Å². The van der Waals surface area contributed by atoms with Crippen LogP contribution in [0.4, 0.5) is 0 Å². The first kappa shape index (κ1) is 14.3. The van der Waals surface area contributed by atoms with Crippen LogP contribution in [-0.2, 0) is 6.42 Å². The zero-order valence-electron chi connectivity index (χ0n) is 11.2. The van der Waals surface area contributed by atoms with Gasteiger partial charge in [-0.2, -0.15) is 0 Å². The first-order valence-corrected chi connectivity index (χ1v) is 6.53. The standard InChI is InChI=1S/C15H23N3/c1-3-12-17-15(16-4-2)18-13-8-11-14-9-6-5-7-10-14/h3,5-7,9-10H,1,4,8,11-13H2,2H3,(H2,16,17,18). The second-order valence-electron chi connectivity index (χ2n) is 4.02. The molecule has 0 fully saturated rings. The van der Waals surface area contributed by atoms with Crippen molar-refractivity contribution in [3.63, 3.8) is 0 Å². The van der Waals surface area contributed by atoms with Crippen LogP contribution in [0.3, 0.4) is 0 Å². The van der Waals surface area contributed by atoms with E-state index < -0.39 is 0 Å². The van der Waals surface area contributed by atoms with Crippen LogP contribution in [0.2, 0.25) is 0 Å². The van der Waals surface area contributed by atoms with Gasteiger partial charge in [-0.3, -0.25) is 4.99 Å². The van der Waals surface area contributed by atoms with E-state index >= 15 is 0 Å². The zero-order chi connectivity index (χ0) is 13.1. The highest BCUT2D eigenvalue weighted by Gasteiger charge is 1.95. The number of aliphatic imine (C=N–C) groups is 1. The fourth-order valence-electron chi connectivity index (χ4n) is 1.63. The monoisotopic (exact) mass is 245 g/mol. The van der Waals surface area contributed by atoms with Crippen molar-refractivity contribution in [3.8, 4) is 0 Å². The van der Waals surface area contributed by atoms with Crippen LogP contribution in [0.1, 0.15) is 18.9 Å². The molecule has 0 aliphatic carbocycles. The molecular weight excluding hydrogens is 222 g/mol. The third kappa shape index (κ3) is 6.09. The quantitative estimate of drug-likeness (QED) is 0.335. The maximum atomic E-state index is 4.51. The van der Waals surface area contributed by atoms with E-state index in [1.807, 2.05) is 12.1 Å². The van der Waals surface area contributed by atoms with E-state index in [9.17, 15) is 0 Å². The number of aryl methyl sites for hydroxylation is 1. The average molecular weight is 245 g/mol. The normalized spacial score (nSPS) is 11.1. The molecule has 1 rings (SSSR count). The van der Waals surface area contributed by atoms with E-state index in [-0.39, 0.29) is 0 Å². The summed E-state index contributed by atoms with van der Waals surface area (Å²) >= 11 is 0. The van der Waals surface area contributed by atoms with Gasteiger partial charge in [-0.1, -0.05) is 36.4 Å². The van der Waals surface area contributed by atoms with Gasteiger partial charge < -0.3 is 10.6 Å². The Labute approximate surface area is 110 Å². The second kappa shape index (κ2) is 9.28. The summed E-state index contributed by atoms with van der Waals surface area (Å²) in [5.41, 5.74) is 1.37. The van der Waals surface area contributed by atoms with E-state index in [1.165, 1.54) is 5.56 Å². The lowest BCUT2D eigenvalue weighted by Gasteiger charge is -2.09. The summed E-state index contributed by atoms with van der Waals surface area (Å²) in [6, 6.07) is 10.5. The third-order valence-electron chi connectivity index (χ3n) is 2.49. The van der Waals surface area contributed by atoms with E-state index in [0.717, 1.165) is 38.4 Å². The number of hydrogen-bond donors (Lipinski definition) is 2. The average Bonchev–Trinajstić information content (AvgIpc) is 2.42. The molecule has 3 nitrogen and oxygen atoms in total. The molecule has 0 saturated heterocycles. The van der Waals surface area contributed by atoms with Crippen molar-refractivity contribution >= 4 is 5.96 Å². The van der Waals surface area contributed by atoms with Crippen molar-refractivity contribution in [2.45, 2.75) is 19.8 Å². The predicted molar refractivity (Wildman–Crippen MR) is 78.9 cm³/mol. The minimum atomic E-state index is 0.741. The molecule has 0 aliphatic rings. The molecule has 0 unspecified atom stereocenters. The lowest BCUT2D eigenvalue weighted by atomic mass is 10.1. The SMILES string of the molecule is C=CCNC(=NCCCc1ccccc1)NCC. The van der Waals surface area contributed by atoms with Crippen LogP contribution in [0.15, 0.2) is 48.0 Å². The maximum Gasteiger partial charge on any atom is 0.191 e. The van der Waals surface area contributed by atoms with Crippen molar-refractivity contribution in [2.75, 3.05) is 19.6 Å². The Morgan fingerprint density at radius 1 is 1.28 bits per heavy atom. The van der Waals surface area contributed by atoms with Gasteiger partial charge in [-0.15, -0.1) is 6.58 Å². The van der Waals surface area contributed by atoms with E-state index in [0.29, 0.717) is 0 Å². The van der Waals surface area contributed by atoms with Crippen LogP contribution < -0.4 is 10.6 Å². The Balaban J connectivity index is 2.29. The predicted octanol–water partition coefficient (Wildman–Crippen LogP) is 2.36. The number of benzene rings is 1. The lowest BCUT2D eigenvalue weighted by Crippen LogP contribution is -2.37. The summed E-state index contributed by atoms with van der Waals surface area (Å²) in [7, 11) is 0. The maximum absolute atomic E-state index is 4.51. The van der Waals surface area contributed by atoms with E-state index in [4.69, 9.17) is 0 Å². The highest BCUT2D eigenvalue weighted by molar-refractivity contribution is 5.79. The molecule has 0 amide bonds. The highest BCUT2D eigenvalue weighted by Crippen LogP contribution is 2.02. The number of nitrogens with one attached hydrogen (secondary N) is 2. The molecule has 0 spiro atoms. The molecule has 1 aromatic carbocycles. The van der Waals surface area contributed by atoms with Gasteiger partial charge in [0.1, 0.15) is 0 Å². The Kier molecular flexibility index (Phi) is 7.37. The van der Waals surface area contributed by atoms with Gasteiger partial charge in [0.25, 0.3) is 0 Å². The summed E-state index contributed by atoms with van der Waals surface area (Å²) in [4.78, 5) is 4.51. The molecule has 0 radical (unpaired) electrons. The van der Waals surface area contributed by atoms with E-state index in [2.05, 4.69) is 53.4 Å². The smallest absolute Gasteiger partial charge is 0.191 e. The van der Waals surface area contributed by atoms with Gasteiger partial charge in [0, 0.05) is 19.6 Å². The Bertz CT molecular complexity index is 357. The van der Waals surface area contributed by atoms with Crippen LogP contribution >= 0.6 is 0 Å². The van der Waals surface area contributed by atoms with Gasteiger partial charge in [0.2, 0.25) is 0 Å². The summed E-state index contributed by atoms with van der Waals surface area (Å²) < 4.78 is 0. The molecular formula is C15H23N3. The fourth-order valence-corrected chi connectivity index (χ4v) is 1.63. The second-order valence-corrected chi connectivity index (χ2v) is 4.02. The number of rotatable bonds is 7. The topological polar surface area (TPSA) is 36.4 Å². The molecule has 0 heterocycles. The minimum absolute atomic E-state index is 0.741. The van der Waals surface area contributed by atoms with Crippen molar-refractivity contribution in [1.82, 2.24) is 10.6 Å². The highest BCUT2D eigenvalue weighted by atomic mass is 15.2. The first-order chi connectivity index (χ1) is 8.86. The zero-order valence-corrected chi connectivity index (χ0v) is 11.2. The van der Waals surface area contributed by atoms with Crippen LogP contribution in [0.5, 0.6) is 0 Å². The summed E-state index contributed by atoms with van der Waals surface area (Å²) in [5, 5.41) is 6.40. The summed E-state index contributed by atoms with van der Waals surface area (Å²) in [6.07, 6.45) is 3.97. The first-order valence-electron chi connectivity index (χ1n) is 6.53. The molecule has 1 aromatic rings. The molecule has 0 saturated carbocycles. The lowest BCUT2D eigenvalue weighted by molar-refractivity contribution is 0.802. The van der Waals surface area contributed by atoms with Crippen LogP contribution in [-0.4, -0.2) is 25.6 Å². The molecule has 0 bridgehead atoms. The minimum Gasteiger partial charge on any atom is -0.357 e. The molecule has 3 heteroatoms. The van der Waals surface area contributed by atoms with Crippen molar-refractivity contribution < 1.29 is 0 Å². The Hall–Kier alpha value is -1.77. The van der Waals surface area contributed by atoms with Crippen molar-refractivity contribution in [1.29, 1.82) is 0 Å². The molecule has 98 valence electrons. The fraction of sp³-hybridized carbons (Fsp3) is 0.400. The third-order valence-corrected chi connectivity index (χ3v) is 2.49. The van der Waals surface area contributed by atoms with Crippen LogP contribution in [0.25, 0.3) is 0 Å². The molecule has 0 aromatic heterocycles. The van der Waals surface area contributed by atoms with Crippen molar-refractivity contribution in [3.05, 3.63) is 48.6 Å². The number of guanidine groups is 1. The Morgan fingerprint density at radius 2 is 2.06 bits per heavy atom. The van der Waals surface area contributed by atoms with Gasteiger partial charge in [-0.05, 0) is 25.3 Å². The molecule has 0 aliphatic heterocycles. The van der Waals surface area contributed by atoms with Gasteiger partial charge >= 0.3 is 0 Å². The van der Waals surface area contributed by atoms with Crippen LogP contribution in [0, 0.1) is 0 Å². The van der Waals surface area contributed by atoms with Gasteiger partial charge in [0.05, 0.1) is 0 Å².